The third-order valence-corrected chi connectivity index (χ3v) is 2.47. The van der Waals surface area contributed by atoms with Crippen molar-refractivity contribution in [2.75, 3.05) is 7.11 Å². The van der Waals surface area contributed by atoms with Crippen LogP contribution in [0.3, 0.4) is 0 Å². The summed E-state index contributed by atoms with van der Waals surface area (Å²) in [6.45, 7) is 6.02. The lowest BCUT2D eigenvalue weighted by atomic mass is 10.1. The zero-order valence-electron chi connectivity index (χ0n) is 9.54. The van der Waals surface area contributed by atoms with Gasteiger partial charge in [-0.25, -0.2) is 0 Å². The molecule has 0 aliphatic carbocycles. The Kier molecular flexibility index (Phi) is 3.72. The van der Waals surface area contributed by atoms with Crippen molar-refractivity contribution in [2.24, 2.45) is 7.05 Å². The van der Waals surface area contributed by atoms with Crippen LogP contribution in [0.2, 0.25) is 0 Å². The fraction of sp³-hybridized carbons (Fsp3) is 0.417. The smallest absolute Gasteiger partial charge is 0.253 e. The number of hydrogen-bond acceptors (Lipinski definition) is 2. The summed E-state index contributed by atoms with van der Waals surface area (Å²) in [7, 11) is 3.28. The zero-order valence-corrected chi connectivity index (χ0v) is 9.54. The van der Waals surface area contributed by atoms with E-state index in [2.05, 4.69) is 13.5 Å². The van der Waals surface area contributed by atoms with Crippen LogP contribution in [0, 0.1) is 0 Å². The Labute approximate surface area is 90.0 Å². The van der Waals surface area contributed by atoms with E-state index in [0.717, 1.165) is 24.0 Å². The molecule has 0 spiro atoms. The van der Waals surface area contributed by atoms with Crippen LogP contribution in [0.1, 0.15) is 18.9 Å². The van der Waals surface area contributed by atoms with E-state index in [9.17, 15) is 4.79 Å². The molecular weight excluding hydrogens is 190 g/mol. The molecule has 15 heavy (non-hydrogen) atoms. The van der Waals surface area contributed by atoms with Crippen LogP contribution in [0.4, 0.5) is 0 Å². The average Bonchev–Trinajstić information content (AvgIpc) is 2.24. The molecule has 0 atom stereocenters. The Morgan fingerprint density at radius 2 is 2.20 bits per heavy atom. The van der Waals surface area contributed by atoms with Crippen LogP contribution in [-0.4, -0.2) is 11.7 Å². The van der Waals surface area contributed by atoms with Crippen molar-refractivity contribution < 1.29 is 4.74 Å². The molecule has 1 aromatic heterocycles. The van der Waals surface area contributed by atoms with Gasteiger partial charge >= 0.3 is 0 Å². The summed E-state index contributed by atoms with van der Waals surface area (Å²) in [6.07, 6.45) is 1.69. The second-order valence-corrected chi connectivity index (χ2v) is 3.55. The molecule has 3 nitrogen and oxygen atoms in total. The van der Waals surface area contributed by atoms with Gasteiger partial charge in [0.1, 0.15) is 0 Å². The van der Waals surface area contributed by atoms with Gasteiger partial charge in [0.15, 0.2) is 5.88 Å². The van der Waals surface area contributed by atoms with Crippen molar-refractivity contribution in [3.8, 4) is 5.88 Å². The van der Waals surface area contributed by atoms with E-state index in [1.54, 1.807) is 20.2 Å². The monoisotopic (exact) mass is 207 g/mol. The first-order valence-electron chi connectivity index (χ1n) is 4.99. The maximum atomic E-state index is 11.4. The quantitative estimate of drug-likeness (QED) is 0.706. The van der Waals surface area contributed by atoms with E-state index in [1.807, 2.05) is 6.07 Å². The van der Waals surface area contributed by atoms with Crippen molar-refractivity contribution in [1.29, 1.82) is 0 Å². The highest BCUT2D eigenvalue weighted by Gasteiger charge is 2.08. The highest BCUT2D eigenvalue weighted by atomic mass is 16.5. The SMILES string of the molecule is C=C(CC)Cc1ccc(=O)n(C)c1OC. The van der Waals surface area contributed by atoms with Crippen LogP contribution in [-0.2, 0) is 13.5 Å². The summed E-state index contributed by atoms with van der Waals surface area (Å²) < 4.78 is 6.74. The Hall–Kier alpha value is -1.51. The van der Waals surface area contributed by atoms with Gasteiger partial charge in [-0.2, -0.15) is 0 Å². The van der Waals surface area contributed by atoms with Crippen LogP contribution in [0.25, 0.3) is 0 Å². The molecule has 1 heterocycles. The average molecular weight is 207 g/mol. The predicted molar refractivity (Wildman–Crippen MR) is 61.4 cm³/mol. The lowest BCUT2D eigenvalue weighted by Crippen LogP contribution is -2.18. The molecule has 82 valence electrons. The lowest BCUT2D eigenvalue weighted by Gasteiger charge is -2.12. The first kappa shape index (κ1) is 11.6. The molecular formula is C12H17NO2. The highest BCUT2D eigenvalue weighted by molar-refractivity contribution is 5.30. The van der Waals surface area contributed by atoms with Gasteiger partial charge in [-0.05, 0) is 18.9 Å². The van der Waals surface area contributed by atoms with E-state index in [0.29, 0.717) is 5.88 Å². The summed E-state index contributed by atoms with van der Waals surface area (Å²) >= 11 is 0. The number of rotatable bonds is 4. The fourth-order valence-corrected chi connectivity index (χ4v) is 1.47. The topological polar surface area (TPSA) is 31.2 Å². The lowest BCUT2D eigenvalue weighted by molar-refractivity contribution is 0.371. The van der Waals surface area contributed by atoms with Crippen LogP contribution in [0.15, 0.2) is 29.1 Å². The van der Waals surface area contributed by atoms with Gasteiger partial charge in [0.05, 0.1) is 7.11 Å². The third kappa shape index (κ3) is 2.49. The van der Waals surface area contributed by atoms with Crippen molar-refractivity contribution in [3.05, 3.63) is 40.2 Å². The molecule has 1 rings (SSSR count). The summed E-state index contributed by atoms with van der Waals surface area (Å²) in [4.78, 5) is 11.4. The summed E-state index contributed by atoms with van der Waals surface area (Å²) in [5.74, 6) is 0.622. The predicted octanol–water partition coefficient (Wildman–Crippen LogP) is 1.90. The second kappa shape index (κ2) is 4.82. The van der Waals surface area contributed by atoms with Gasteiger partial charge in [0.2, 0.25) is 0 Å². The van der Waals surface area contributed by atoms with Crippen LogP contribution in [0.5, 0.6) is 5.88 Å². The molecule has 3 heteroatoms. The highest BCUT2D eigenvalue weighted by Crippen LogP contribution is 2.18. The molecule has 0 unspecified atom stereocenters. The van der Waals surface area contributed by atoms with Crippen molar-refractivity contribution in [3.63, 3.8) is 0 Å². The Bertz CT molecular complexity index is 418. The van der Waals surface area contributed by atoms with Gasteiger partial charge < -0.3 is 4.74 Å². The maximum Gasteiger partial charge on any atom is 0.253 e. The molecule has 0 aliphatic heterocycles. The third-order valence-electron chi connectivity index (χ3n) is 2.47. The summed E-state index contributed by atoms with van der Waals surface area (Å²) in [6, 6.07) is 3.36. The number of allylic oxidation sites excluding steroid dienone is 1. The minimum absolute atomic E-state index is 0.0577. The fourth-order valence-electron chi connectivity index (χ4n) is 1.47. The second-order valence-electron chi connectivity index (χ2n) is 3.55. The normalized spacial score (nSPS) is 10.1. The van der Waals surface area contributed by atoms with Gasteiger partial charge in [-0.1, -0.05) is 19.1 Å². The molecule has 0 bridgehead atoms. The number of aromatic nitrogens is 1. The molecule has 0 saturated heterocycles. The summed E-state index contributed by atoms with van der Waals surface area (Å²) in [5, 5.41) is 0. The molecule has 0 aromatic carbocycles. The number of hydrogen-bond donors (Lipinski definition) is 0. The first-order chi connectivity index (χ1) is 7.10. The van der Waals surface area contributed by atoms with Crippen LogP contribution < -0.4 is 10.3 Å². The van der Waals surface area contributed by atoms with Gasteiger partial charge in [0, 0.05) is 18.7 Å². The Morgan fingerprint density at radius 3 is 2.73 bits per heavy atom. The molecule has 0 amide bonds. The molecule has 1 aromatic rings. The van der Waals surface area contributed by atoms with E-state index in [-0.39, 0.29) is 5.56 Å². The van der Waals surface area contributed by atoms with Crippen LogP contribution >= 0.6 is 0 Å². The molecule has 0 fully saturated rings. The van der Waals surface area contributed by atoms with E-state index < -0.39 is 0 Å². The minimum atomic E-state index is -0.0577. The van der Waals surface area contributed by atoms with Crippen molar-refractivity contribution in [2.45, 2.75) is 19.8 Å². The summed E-state index contributed by atoms with van der Waals surface area (Å²) in [5.41, 5.74) is 2.08. The van der Waals surface area contributed by atoms with Gasteiger partial charge in [-0.3, -0.25) is 9.36 Å². The first-order valence-corrected chi connectivity index (χ1v) is 4.99. The number of pyridine rings is 1. The van der Waals surface area contributed by atoms with E-state index >= 15 is 0 Å². The molecule has 0 N–H and O–H groups in total. The number of methoxy groups -OCH3 is 1. The largest absolute Gasteiger partial charge is 0.482 e. The molecule has 0 saturated carbocycles. The number of ether oxygens (including phenoxy) is 1. The Morgan fingerprint density at radius 1 is 1.53 bits per heavy atom. The number of nitrogens with zero attached hydrogens (tertiary/aromatic N) is 1. The minimum Gasteiger partial charge on any atom is -0.482 e. The standard InChI is InChI=1S/C12H17NO2/c1-5-9(2)8-10-6-7-11(14)13(3)12(10)15-4/h6-7H,2,5,8H2,1,3-4H3. The van der Waals surface area contributed by atoms with Crippen molar-refractivity contribution >= 4 is 0 Å². The molecule has 0 radical (unpaired) electrons. The molecule has 0 aliphatic rings. The van der Waals surface area contributed by atoms with Gasteiger partial charge in [-0.15, -0.1) is 0 Å². The van der Waals surface area contributed by atoms with E-state index in [4.69, 9.17) is 4.74 Å². The van der Waals surface area contributed by atoms with Crippen molar-refractivity contribution in [1.82, 2.24) is 4.57 Å². The zero-order chi connectivity index (χ0) is 11.4. The van der Waals surface area contributed by atoms with E-state index in [1.165, 1.54) is 4.57 Å². The van der Waals surface area contributed by atoms with Gasteiger partial charge in [0.25, 0.3) is 5.56 Å². The maximum absolute atomic E-state index is 11.4. The Balaban J connectivity index is 3.13.